The molecule has 0 N–H and O–H groups in total. The van der Waals surface area contributed by atoms with Crippen LogP contribution < -0.4 is 4.90 Å². The van der Waals surface area contributed by atoms with Crippen molar-refractivity contribution >= 4 is 38.9 Å². The lowest BCUT2D eigenvalue weighted by molar-refractivity contribution is 0.591. The van der Waals surface area contributed by atoms with E-state index in [1.807, 2.05) is 0 Å². The molecule has 10 rings (SSSR count). The van der Waals surface area contributed by atoms with Gasteiger partial charge in [-0.15, -0.1) is 0 Å². The Morgan fingerprint density at radius 2 is 1.18 bits per heavy atom. The van der Waals surface area contributed by atoms with Crippen molar-refractivity contribution in [2.45, 2.75) is 45.4 Å². The van der Waals surface area contributed by atoms with Crippen molar-refractivity contribution in [3.05, 3.63) is 168 Å². The van der Waals surface area contributed by atoms with Crippen LogP contribution in [0.5, 0.6) is 0 Å². The number of para-hydroxylation sites is 1. The van der Waals surface area contributed by atoms with Gasteiger partial charge in [-0.2, -0.15) is 0 Å². The Labute approximate surface area is 300 Å². The molecule has 0 unspecified atom stereocenters. The van der Waals surface area contributed by atoms with Gasteiger partial charge in [-0.3, -0.25) is 0 Å². The van der Waals surface area contributed by atoms with Crippen LogP contribution in [0.25, 0.3) is 60.9 Å². The van der Waals surface area contributed by atoms with Crippen LogP contribution in [0.15, 0.2) is 152 Å². The zero-order valence-corrected chi connectivity index (χ0v) is 29.8. The van der Waals surface area contributed by atoms with Crippen LogP contribution in [0, 0.1) is 0 Å². The van der Waals surface area contributed by atoms with Gasteiger partial charge in [0.15, 0.2) is 0 Å². The molecule has 0 fully saturated rings. The number of hydrogen-bond donors (Lipinski definition) is 0. The first-order valence-corrected chi connectivity index (χ1v) is 18.1. The van der Waals surface area contributed by atoms with Crippen molar-refractivity contribution in [2.24, 2.45) is 0 Å². The van der Waals surface area contributed by atoms with E-state index in [4.69, 9.17) is 0 Å². The maximum atomic E-state index is 2.58. The summed E-state index contributed by atoms with van der Waals surface area (Å²) in [6.45, 7) is 11.7. The molecule has 0 bridgehead atoms. The fourth-order valence-corrected chi connectivity index (χ4v) is 8.84. The minimum atomic E-state index is -0.0831. The van der Waals surface area contributed by atoms with Gasteiger partial charge in [0.25, 0.3) is 0 Å². The Morgan fingerprint density at radius 3 is 1.92 bits per heavy atom. The van der Waals surface area contributed by atoms with Gasteiger partial charge >= 0.3 is 0 Å². The van der Waals surface area contributed by atoms with Crippen LogP contribution in [0.3, 0.4) is 0 Å². The normalized spacial score (nSPS) is 13.7. The van der Waals surface area contributed by atoms with Gasteiger partial charge in [-0.1, -0.05) is 138 Å². The van der Waals surface area contributed by atoms with Gasteiger partial charge in [-0.05, 0) is 92.9 Å². The van der Waals surface area contributed by atoms with E-state index in [1.54, 1.807) is 0 Å². The van der Waals surface area contributed by atoms with E-state index in [2.05, 4.69) is 196 Å². The standard InChI is InChI=1S/C49H40N2/c1-48(2,3)33-21-28-43-40(29-33)39-26-27-42-46-45-38(17-12-18-41(45)49(42,4)5)37-25-24-36(30-44(37)51(43)47(39)46)50(34-15-10-7-11-16-34)35-22-19-32(20-23-35)31-13-8-6-9-14-31/h6-30H,1-5H3. The molecular weight excluding hydrogens is 617 g/mol. The van der Waals surface area contributed by atoms with Crippen LogP contribution in [-0.2, 0) is 10.8 Å². The molecule has 0 saturated carbocycles. The first-order chi connectivity index (χ1) is 24.7. The lowest BCUT2D eigenvalue weighted by Crippen LogP contribution is -2.15. The van der Waals surface area contributed by atoms with Crippen molar-refractivity contribution < 1.29 is 0 Å². The van der Waals surface area contributed by atoms with Crippen molar-refractivity contribution in [2.75, 3.05) is 4.90 Å². The smallest absolute Gasteiger partial charge is 0.0623 e. The lowest BCUT2D eigenvalue weighted by atomic mass is 9.81. The van der Waals surface area contributed by atoms with Gasteiger partial charge in [0.1, 0.15) is 0 Å². The maximum Gasteiger partial charge on any atom is 0.0623 e. The molecule has 7 aromatic carbocycles. The largest absolute Gasteiger partial charge is 0.310 e. The molecule has 2 nitrogen and oxygen atoms in total. The topological polar surface area (TPSA) is 8.17 Å². The van der Waals surface area contributed by atoms with E-state index in [0.717, 1.165) is 17.1 Å². The third-order valence-electron chi connectivity index (χ3n) is 11.5. The highest BCUT2D eigenvalue weighted by Crippen LogP contribution is 2.58. The van der Waals surface area contributed by atoms with Gasteiger partial charge in [0, 0.05) is 44.4 Å². The summed E-state index contributed by atoms with van der Waals surface area (Å²) in [4.78, 5) is 2.39. The number of hydrogen-bond acceptors (Lipinski definition) is 1. The molecule has 1 aliphatic heterocycles. The Balaban J connectivity index is 1.27. The van der Waals surface area contributed by atoms with Crippen LogP contribution in [0.2, 0.25) is 0 Å². The van der Waals surface area contributed by atoms with E-state index in [9.17, 15) is 0 Å². The van der Waals surface area contributed by atoms with Crippen LogP contribution >= 0.6 is 0 Å². The molecule has 1 aromatic heterocycles. The average Bonchev–Trinajstić information content (AvgIpc) is 3.55. The maximum absolute atomic E-state index is 2.58. The van der Waals surface area contributed by atoms with E-state index < -0.39 is 0 Å². The number of benzene rings is 7. The number of anilines is 3. The number of aromatic nitrogens is 1. The molecule has 51 heavy (non-hydrogen) atoms. The molecule has 0 amide bonds. The van der Waals surface area contributed by atoms with Crippen LogP contribution in [0.1, 0.15) is 51.3 Å². The summed E-state index contributed by atoms with van der Waals surface area (Å²) in [6, 6.07) is 56.4. The molecule has 2 heteroatoms. The predicted molar refractivity (Wildman–Crippen MR) is 216 cm³/mol. The number of nitrogens with zero attached hydrogens (tertiary/aromatic N) is 2. The fourth-order valence-electron chi connectivity index (χ4n) is 8.84. The van der Waals surface area contributed by atoms with Crippen molar-refractivity contribution in [3.8, 4) is 39.1 Å². The summed E-state index contributed by atoms with van der Waals surface area (Å²) in [5.41, 5.74) is 19.1. The Bertz CT molecular complexity index is 2670. The summed E-state index contributed by atoms with van der Waals surface area (Å²) >= 11 is 0. The summed E-state index contributed by atoms with van der Waals surface area (Å²) in [7, 11) is 0. The average molecular weight is 657 g/mol. The van der Waals surface area contributed by atoms with Crippen LogP contribution in [-0.4, -0.2) is 4.57 Å². The lowest BCUT2D eigenvalue weighted by Gasteiger charge is -2.27. The minimum Gasteiger partial charge on any atom is -0.310 e. The SMILES string of the molecule is CC(C)(C)c1ccc2c(c1)c1ccc3c4c1n2-c1cc(N(c2ccccc2)c2ccc(-c5ccccc5)cc2)ccc1-c1cccc(c1-4)C3(C)C. The molecule has 8 aromatic rings. The van der Waals surface area contributed by atoms with Gasteiger partial charge in [0.05, 0.1) is 16.7 Å². The third-order valence-corrected chi connectivity index (χ3v) is 11.5. The number of rotatable bonds is 4. The van der Waals surface area contributed by atoms with E-state index in [1.165, 1.54) is 77.6 Å². The molecule has 0 spiro atoms. The van der Waals surface area contributed by atoms with Gasteiger partial charge in [0.2, 0.25) is 0 Å². The second-order valence-corrected chi connectivity index (χ2v) is 15.8. The highest BCUT2D eigenvalue weighted by molar-refractivity contribution is 6.19. The minimum absolute atomic E-state index is 0.0511. The molecule has 0 atom stereocenters. The Hall–Kier alpha value is -5.86. The highest BCUT2D eigenvalue weighted by atomic mass is 15.1. The molecule has 0 radical (unpaired) electrons. The third kappa shape index (κ3) is 4.29. The first kappa shape index (κ1) is 30.0. The van der Waals surface area contributed by atoms with Crippen molar-refractivity contribution in [1.82, 2.24) is 4.57 Å². The number of fused-ring (bicyclic) bond motifs is 6. The molecule has 2 aliphatic rings. The van der Waals surface area contributed by atoms with E-state index in [0.29, 0.717) is 0 Å². The van der Waals surface area contributed by atoms with Crippen molar-refractivity contribution in [1.29, 1.82) is 0 Å². The van der Waals surface area contributed by atoms with Gasteiger partial charge in [-0.25, -0.2) is 0 Å². The zero-order chi connectivity index (χ0) is 34.6. The van der Waals surface area contributed by atoms with Gasteiger partial charge < -0.3 is 9.47 Å². The second-order valence-electron chi connectivity index (χ2n) is 15.8. The van der Waals surface area contributed by atoms with Crippen LogP contribution in [0.4, 0.5) is 17.1 Å². The van der Waals surface area contributed by atoms with E-state index >= 15 is 0 Å². The quantitative estimate of drug-likeness (QED) is 0.183. The Kier molecular flexibility index (Phi) is 6.22. The molecule has 1 aliphatic carbocycles. The summed E-state index contributed by atoms with van der Waals surface area (Å²) in [5.74, 6) is 0. The molecule has 0 saturated heterocycles. The predicted octanol–water partition coefficient (Wildman–Crippen LogP) is 13.5. The zero-order valence-electron chi connectivity index (χ0n) is 29.8. The molecule has 246 valence electrons. The fraction of sp³-hybridized carbons (Fsp3) is 0.143. The van der Waals surface area contributed by atoms with Crippen molar-refractivity contribution in [3.63, 3.8) is 0 Å². The molecular formula is C49H40N2. The summed E-state index contributed by atoms with van der Waals surface area (Å²) < 4.78 is 2.58. The monoisotopic (exact) mass is 656 g/mol. The Morgan fingerprint density at radius 1 is 0.510 bits per heavy atom. The second kappa shape index (κ2) is 10.6. The molecule has 2 heterocycles. The summed E-state index contributed by atoms with van der Waals surface area (Å²) in [6.07, 6.45) is 0. The first-order valence-electron chi connectivity index (χ1n) is 18.1. The van der Waals surface area contributed by atoms with E-state index in [-0.39, 0.29) is 10.8 Å². The summed E-state index contributed by atoms with van der Waals surface area (Å²) in [5, 5.41) is 2.64. The highest BCUT2D eigenvalue weighted by Gasteiger charge is 2.41.